The van der Waals surface area contributed by atoms with Crippen LogP contribution in [0.4, 0.5) is 17.1 Å². The van der Waals surface area contributed by atoms with E-state index in [2.05, 4.69) is 32.2 Å². The minimum Gasteiger partial charge on any atom is -0.495 e. The van der Waals surface area contributed by atoms with Gasteiger partial charge in [-0.25, -0.2) is 0 Å². The van der Waals surface area contributed by atoms with Crippen LogP contribution in [0.5, 0.6) is 5.75 Å². The first kappa shape index (κ1) is 32.3. The molecule has 4 aromatic rings. The van der Waals surface area contributed by atoms with Gasteiger partial charge in [0, 0.05) is 47.1 Å². The molecule has 44 heavy (non-hydrogen) atoms. The molecule has 1 N–H and O–H groups in total. The van der Waals surface area contributed by atoms with E-state index in [0.29, 0.717) is 50.3 Å². The highest BCUT2D eigenvalue weighted by molar-refractivity contribution is 6.31. The third-order valence-electron chi connectivity index (χ3n) is 6.54. The number of hydrogen-bond donors (Lipinski definition) is 1. The van der Waals surface area contributed by atoms with Crippen molar-refractivity contribution in [1.29, 1.82) is 0 Å². The number of methoxy groups -OCH3 is 1. The van der Waals surface area contributed by atoms with Crippen molar-refractivity contribution in [2.24, 2.45) is 9.98 Å². The summed E-state index contributed by atoms with van der Waals surface area (Å²) in [6, 6.07) is 10.7. The van der Waals surface area contributed by atoms with Gasteiger partial charge in [-0.05, 0) is 83.3 Å². The first-order chi connectivity index (χ1) is 20.9. The maximum absolute atomic E-state index is 13.8. The standard InChI is InChI=1S/C32H35ClN6O5/c1-8-35-25-12-10-21(16-26(25)34-6)37-30(41)27(13-14-43-32(3,4)5)39-18-28(42-7)24(17-29(39)40)23-15-20(33)9-11-22(23)31-36-19(2)38-44-31/h8-12,15-18,27H,6,13-14H2,1-5,7H3,(H,37,41)/t27-/m0/s1. The normalized spacial score (nSPS) is 12.3. The van der Waals surface area contributed by atoms with E-state index < -0.39 is 23.1 Å². The predicted molar refractivity (Wildman–Crippen MR) is 173 cm³/mol. The Hall–Kier alpha value is -4.61. The summed E-state index contributed by atoms with van der Waals surface area (Å²) in [5.41, 5.74) is 2.29. The fraction of sp³-hybridized carbons (Fsp3) is 0.312. The van der Waals surface area contributed by atoms with E-state index >= 15 is 0 Å². The van der Waals surface area contributed by atoms with Crippen LogP contribution in [0.25, 0.3) is 22.6 Å². The number of halogens is 1. The molecular weight excluding hydrogens is 584 g/mol. The summed E-state index contributed by atoms with van der Waals surface area (Å²) >= 11 is 6.36. The fourth-order valence-electron chi connectivity index (χ4n) is 4.55. The molecule has 2 aromatic carbocycles. The first-order valence-corrected chi connectivity index (χ1v) is 14.3. The van der Waals surface area contributed by atoms with Gasteiger partial charge >= 0.3 is 0 Å². The lowest BCUT2D eigenvalue weighted by Gasteiger charge is -2.24. The minimum atomic E-state index is -0.946. The van der Waals surface area contributed by atoms with Crippen LogP contribution in [0.1, 0.15) is 46.0 Å². The number of aromatic nitrogens is 3. The van der Waals surface area contributed by atoms with Crippen LogP contribution in [0, 0.1) is 6.92 Å². The van der Waals surface area contributed by atoms with Crippen LogP contribution in [-0.4, -0.2) is 52.9 Å². The summed E-state index contributed by atoms with van der Waals surface area (Å²) in [5.74, 6) is 0.629. The predicted octanol–water partition coefficient (Wildman–Crippen LogP) is 6.98. The molecule has 0 bridgehead atoms. The van der Waals surface area contributed by atoms with E-state index in [1.54, 1.807) is 56.5 Å². The number of nitrogens with zero attached hydrogens (tertiary/aromatic N) is 5. The molecule has 0 unspecified atom stereocenters. The number of hydrogen-bond acceptors (Lipinski definition) is 9. The lowest BCUT2D eigenvalue weighted by molar-refractivity contribution is -0.120. The molecule has 230 valence electrons. The summed E-state index contributed by atoms with van der Waals surface area (Å²) < 4.78 is 18.4. The Labute approximate surface area is 260 Å². The maximum atomic E-state index is 13.8. The minimum absolute atomic E-state index is 0.208. The molecule has 4 rings (SSSR count). The van der Waals surface area contributed by atoms with Gasteiger partial charge in [-0.15, -0.1) is 0 Å². The largest absolute Gasteiger partial charge is 0.495 e. The summed E-state index contributed by atoms with van der Waals surface area (Å²) in [6.07, 6.45) is 3.37. The van der Waals surface area contributed by atoms with Gasteiger partial charge in [0.15, 0.2) is 5.82 Å². The highest BCUT2D eigenvalue weighted by atomic mass is 35.5. The van der Waals surface area contributed by atoms with Crippen LogP contribution in [0.15, 0.2) is 68.0 Å². The summed E-state index contributed by atoms with van der Waals surface area (Å²) in [5, 5.41) is 7.22. The number of aliphatic imine (C=N–C) groups is 2. The number of carbonyl (C=O) groups is 1. The lowest BCUT2D eigenvalue weighted by atomic mass is 9.99. The van der Waals surface area contributed by atoms with Gasteiger partial charge in [-0.3, -0.25) is 24.1 Å². The Kier molecular flexibility index (Phi) is 10.1. The maximum Gasteiger partial charge on any atom is 0.258 e. The highest BCUT2D eigenvalue weighted by Gasteiger charge is 2.26. The van der Waals surface area contributed by atoms with Crippen molar-refractivity contribution < 1.29 is 18.8 Å². The number of pyridine rings is 1. The van der Waals surface area contributed by atoms with Gasteiger partial charge in [-0.1, -0.05) is 16.8 Å². The van der Waals surface area contributed by atoms with Gasteiger partial charge in [0.2, 0.25) is 5.91 Å². The lowest BCUT2D eigenvalue weighted by Crippen LogP contribution is -2.34. The SMILES string of the molecule is C=Nc1cc(NC(=O)[C@H](CCOC(C)(C)C)n2cc(OC)c(-c3cc(Cl)ccc3-c3nc(C)no3)cc2=O)ccc1N=CC. The molecule has 0 aliphatic heterocycles. The monoisotopic (exact) mass is 618 g/mol. The summed E-state index contributed by atoms with van der Waals surface area (Å²) in [4.78, 5) is 40.2. The van der Waals surface area contributed by atoms with E-state index in [4.69, 9.17) is 25.6 Å². The van der Waals surface area contributed by atoms with E-state index in [1.165, 1.54) is 23.9 Å². The second kappa shape index (κ2) is 13.8. The second-order valence-corrected chi connectivity index (χ2v) is 11.3. The molecule has 0 fully saturated rings. The molecule has 0 radical (unpaired) electrons. The topological polar surface area (TPSA) is 133 Å². The zero-order valence-corrected chi connectivity index (χ0v) is 26.3. The highest BCUT2D eigenvalue weighted by Crippen LogP contribution is 2.38. The van der Waals surface area contributed by atoms with Crippen molar-refractivity contribution in [3.8, 4) is 28.3 Å². The number of anilines is 1. The van der Waals surface area contributed by atoms with Gasteiger partial charge in [0.05, 0.1) is 30.3 Å². The first-order valence-electron chi connectivity index (χ1n) is 13.9. The van der Waals surface area contributed by atoms with Gasteiger partial charge in [-0.2, -0.15) is 4.98 Å². The number of rotatable bonds is 11. The summed E-state index contributed by atoms with van der Waals surface area (Å²) in [7, 11) is 1.48. The molecule has 1 amide bonds. The van der Waals surface area contributed by atoms with Crippen molar-refractivity contribution >= 4 is 47.5 Å². The third-order valence-corrected chi connectivity index (χ3v) is 6.78. The fourth-order valence-corrected chi connectivity index (χ4v) is 4.72. The zero-order valence-electron chi connectivity index (χ0n) is 25.6. The average Bonchev–Trinajstić information content (AvgIpc) is 3.41. The molecule has 11 nitrogen and oxygen atoms in total. The quantitative estimate of drug-likeness (QED) is 0.179. The molecule has 0 aliphatic rings. The van der Waals surface area contributed by atoms with E-state index in [9.17, 15) is 9.59 Å². The number of amides is 1. The Morgan fingerprint density at radius 3 is 2.57 bits per heavy atom. The molecule has 2 heterocycles. The van der Waals surface area contributed by atoms with E-state index in [-0.39, 0.29) is 18.9 Å². The Balaban J connectivity index is 1.77. The van der Waals surface area contributed by atoms with Crippen LogP contribution in [0.3, 0.4) is 0 Å². The molecule has 12 heteroatoms. The number of carbonyl (C=O) groups excluding carboxylic acids is 1. The van der Waals surface area contributed by atoms with Crippen LogP contribution in [-0.2, 0) is 9.53 Å². The number of aryl methyl sites for hydroxylation is 1. The van der Waals surface area contributed by atoms with Crippen molar-refractivity contribution in [3.05, 3.63) is 69.9 Å². The van der Waals surface area contributed by atoms with Crippen molar-refractivity contribution in [1.82, 2.24) is 14.7 Å². The van der Waals surface area contributed by atoms with E-state index in [0.717, 1.165) is 0 Å². The third kappa shape index (κ3) is 7.66. The number of nitrogens with one attached hydrogen (secondary N) is 1. The van der Waals surface area contributed by atoms with Crippen molar-refractivity contribution in [2.45, 2.75) is 52.7 Å². The van der Waals surface area contributed by atoms with Crippen LogP contribution < -0.4 is 15.6 Å². The van der Waals surface area contributed by atoms with E-state index in [1.807, 2.05) is 20.8 Å². The number of ether oxygens (including phenoxy) is 2. The molecule has 2 aromatic heterocycles. The van der Waals surface area contributed by atoms with Crippen molar-refractivity contribution in [2.75, 3.05) is 19.0 Å². The number of benzene rings is 2. The summed E-state index contributed by atoms with van der Waals surface area (Å²) in [6.45, 7) is 13.1. The molecular formula is C32H35ClN6O5. The average molecular weight is 619 g/mol. The van der Waals surface area contributed by atoms with Gasteiger partial charge in [0.25, 0.3) is 11.4 Å². The zero-order chi connectivity index (χ0) is 32.0. The second-order valence-electron chi connectivity index (χ2n) is 10.8. The van der Waals surface area contributed by atoms with Crippen LogP contribution >= 0.6 is 11.6 Å². The van der Waals surface area contributed by atoms with Crippen LogP contribution in [0.2, 0.25) is 5.02 Å². The Morgan fingerprint density at radius 1 is 1.16 bits per heavy atom. The molecule has 0 saturated heterocycles. The molecule has 0 saturated carbocycles. The Morgan fingerprint density at radius 2 is 1.93 bits per heavy atom. The molecule has 0 spiro atoms. The molecule has 1 atom stereocenters. The van der Waals surface area contributed by atoms with Gasteiger partial charge in [0.1, 0.15) is 11.8 Å². The van der Waals surface area contributed by atoms with Crippen molar-refractivity contribution in [3.63, 3.8) is 0 Å². The Bertz CT molecular complexity index is 1750. The van der Waals surface area contributed by atoms with Gasteiger partial charge < -0.3 is 19.3 Å². The smallest absolute Gasteiger partial charge is 0.258 e. The molecule has 0 aliphatic carbocycles.